The Morgan fingerprint density at radius 3 is 2.61 bits per heavy atom. The normalized spacial score (nSPS) is 20.5. The lowest BCUT2D eigenvalue weighted by Crippen LogP contribution is -2.43. The van der Waals surface area contributed by atoms with Crippen LogP contribution in [0.15, 0.2) is 52.1 Å². The van der Waals surface area contributed by atoms with Crippen LogP contribution in [0.4, 0.5) is 4.39 Å². The zero-order valence-electron chi connectivity index (χ0n) is 17.4. The Morgan fingerprint density at radius 2 is 1.84 bits per heavy atom. The Labute approximate surface area is 178 Å². The Kier molecular flexibility index (Phi) is 4.81. The third kappa shape index (κ3) is 3.83. The number of hydrogen-bond donors (Lipinski definition) is 0. The quantitative estimate of drug-likeness (QED) is 0.600. The molecule has 0 aliphatic carbocycles. The molecular weight excluding hydrogens is 397 g/mol. The first-order valence-electron chi connectivity index (χ1n) is 10.5. The highest BCUT2D eigenvalue weighted by Gasteiger charge is 2.44. The second-order valence-electron chi connectivity index (χ2n) is 8.80. The van der Waals surface area contributed by atoms with Gasteiger partial charge in [-0.2, -0.15) is 5.10 Å². The van der Waals surface area contributed by atoms with Crippen molar-refractivity contribution in [1.29, 1.82) is 0 Å². The summed E-state index contributed by atoms with van der Waals surface area (Å²) in [4.78, 5) is 32.4. The van der Waals surface area contributed by atoms with Gasteiger partial charge in [0.15, 0.2) is 0 Å². The van der Waals surface area contributed by atoms with Gasteiger partial charge >= 0.3 is 11.1 Å². The summed E-state index contributed by atoms with van der Waals surface area (Å²) in [5.74, 6) is 0.314. The maximum atomic E-state index is 13.2. The van der Waals surface area contributed by atoms with Crippen molar-refractivity contribution >= 4 is 0 Å². The van der Waals surface area contributed by atoms with Crippen LogP contribution in [0.3, 0.4) is 0 Å². The van der Waals surface area contributed by atoms with Gasteiger partial charge in [0.05, 0.1) is 12.2 Å². The minimum atomic E-state index is -0.635. The van der Waals surface area contributed by atoms with Crippen molar-refractivity contribution in [3.05, 3.63) is 91.8 Å². The van der Waals surface area contributed by atoms with Crippen molar-refractivity contribution in [1.82, 2.24) is 24.2 Å². The van der Waals surface area contributed by atoms with E-state index in [1.54, 1.807) is 16.7 Å². The fourth-order valence-electron chi connectivity index (χ4n) is 4.82. The molecule has 31 heavy (non-hydrogen) atoms. The smallest absolute Gasteiger partial charge is 0.297 e. The molecule has 0 amide bonds. The van der Waals surface area contributed by atoms with E-state index < -0.39 is 11.1 Å². The highest BCUT2D eigenvalue weighted by molar-refractivity contribution is 5.17. The first-order chi connectivity index (χ1) is 14.9. The third-order valence-corrected chi connectivity index (χ3v) is 6.33. The molecule has 5 rings (SSSR count). The van der Waals surface area contributed by atoms with Crippen LogP contribution in [0, 0.1) is 18.2 Å². The molecule has 3 aromatic rings. The van der Waals surface area contributed by atoms with Crippen molar-refractivity contribution in [2.45, 2.75) is 39.4 Å². The molecule has 4 heterocycles. The van der Waals surface area contributed by atoms with E-state index in [0.717, 1.165) is 43.0 Å². The van der Waals surface area contributed by atoms with Crippen molar-refractivity contribution in [2.24, 2.45) is 5.41 Å². The molecule has 2 aromatic heterocycles. The van der Waals surface area contributed by atoms with Crippen LogP contribution >= 0.6 is 0 Å². The summed E-state index contributed by atoms with van der Waals surface area (Å²) < 4.78 is 15.9. The fraction of sp³-hybridized carbons (Fsp3) is 0.391. The summed E-state index contributed by atoms with van der Waals surface area (Å²) in [5.41, 5.74) is 1.54. The Morgan fingerprint density at radius 1 is 1.03 bits per heavy atom. The SMILES string of the molecule is Cc1cccc(CN2CC[C@@]3(Cc4nn(Cc5ccc(F)cc5)c(=O)c(=O)n4C3)C2)n1. The number of benzene rings is 1. The van der Waals surface area contributed by atoms with Crippen molar-refractivity contribution in [2.75, 3.05) is 13.1 Å². The molecule has 160 valence electrons. The van der Waals surface area contributed by atoms with E-state index in [-0.39, 0.29) is 17.8 Å². The summed E-state index contributed by atoms with van der Waals surface area (Å²) >= 11 is 0. The van der Waals surface area contributed by atoms with E-state index in [4.69, 9.17) is 0 Å². The summed E-state index contributed by atoms with van der Waals surface area (Å²) in [5, 5.41) is 4.51. The molecule has 7 nitrogen and oxygen atoms in total. The molecule has 0 bridgehead atoms. The summed E-state index contributed by atoms with van der Waals surface area (Å²) in [6.45, 7) is 5.22. The third-order valence-electron chi connectivity index (χ3n) is 6.33. The summed E-state index contributed by atoms with van der Waals surface area (Å²) in [6, 6.07) is 11.9. The molecule has 1 spiro atoms. The van der Waals surface area contributed by atoms with Gasteiger partial charge in [0.2, 0.25) is 0 Å². The second-order valence-corrected chi connectivity index (χ2v) is 8.80. The zero-order chi connectivity index (χ0) is 21.6. The first kappa shape index (κ1) is 19.8. The van der Waals surface area contributed by atoms with Gasteiger partial charge in [-0.05, 0) is 49.7 Å². The number of aryl methyl sites for hydroxylation is 1. The molecule has 2 aliphatic heterocycles. The average Bonchev–Trinajstić information content (AvgIpc) is 3.30. The molecule has 8 heteroatoms. The van der Waals surface area contributed by atoms with E-state index in [0.29, 0.717) is 18.8 Å². The molecule has 0 unspecified atom stereocenters. The summed E-state index contributed by atoms with van der Waals surface area (Å²) in [6.07, 6.45) is 1.62. The maximum Gasteiger partial charge on any atom is 0.332 e. The van der Waals surface area contributed by atoms with Gasteiger partial charge in [0.1, 0.15) is 11.6 Å². The highest BCUT2D eigenvalue weighted by Crippen LogP contribution is 2.39. The van der Waals surface area contributed by atoms with Gasteiger partial charge in [-0.1, -0.05) is 18.2 Å². The van der Waals surface area contributed by atoms with Gasteiger partial charge in [0.25, 0.3) is 0 Å². The van der Waals surface area contributed by atoms with Gasteiger partial charge in [-0.3, -0.25) is 24.0 Å². The Hall–Kier alpha value is -3.13. The van der Waals surface area contributed by atoms with Crippen LogP contribution in [-0.2, 0) is 26.1 Å². The van der Waals surface area contributed by atoms with Crippen molar-refractivity contribution in [3.63, 3.8) is 0 Å². The number of pyridine rings is 1. The number of fused-ring (bicyclic) bond motifs is 1. The maximum absolute atomic E-state index is 13.2. The van der Waals surface area contributed by atoms with Crippen LogP contribution in [0.2, 0.25) is 0 Å². The lowest BCUT2D eigenvalue weighted by molar-refractivity contribution is 0.244. The molecule has 1 aromatic carbocycles. The van der Waals surface area contributed by atoms with E-state index in [1.165, 1.54) is 16.8 Å². The summed E-state index contributed by atoms with van der Waals surface area (Å²) in [7, 11) is 0. The number of aromatic nitrogens is 4. The zero-order valence-corrected chi connectivity index (χ0v) is 17.4. The Balaban J connectivity index is 1.36. The van der Waals surface area contributed by atoms with E-state index in [1.807, 2.05) is 25.1 Å². The highest BCUT2D eigenvalue weighted by atomic mass is 19.1. The van der Waals surface area contributed by atoms with Crippen LogP contribution in [0.5, 0.6) is 0 Å². The van der Waals surface area contributed by atoms with Crippen LogP contribution in [0.1, 0.15) is 29.2 Å². The molecule has 0 N–H and O–H groups in total. The second kappa shape index (κ2) is 7.53. The number of halogens is 1. The molecular formula is C23H24FN5O2. The van der Waals surface area contributed by atoms with Crippen molar-refractivity contribution < 1.29 is 4.39 Å². The molecule has 1 fully saturated rings. The van der Waals surface area contributed by atoms with Gasteiger partial charge < -0.3 is 0 Å². The van der Waals surface area contributed by atoms with Gasteiger partial charge in [-0.25, -0.2) is 9.07 Å². The fourth-order valence-corrected chi connectivity index (χ4v) is 4.82. The Bertz CT molecular complexity index is 1250. The average molecular weight is 421 g/mol. The van der Waals surface area contributed by atoms with E-state index in [2.05, 4.69) is 15.0 Å². The minimum absolute atomic E-state index is 0.0789. The molecule has 1 atom stereocenters. The number of nitrogens with zero attached hydrogens (tertiary/aromatic N) is 5. The number of hydrogen-bond acceptors (Lipinski definition) is 5. The first-order valence-corrected chi connectivity index (χ1v) is 10.5. The topological polar surface area (TPSA) is 73.0 Å². The van der Waals surface area contributed by atoms with Gasteiger partial charge in [0, 0.05) is 37.2 Å². The predicted molar refractivity (Wildman–Crippen MR) is 113 cm³/mol. The number of rotatable bonds is 4. The molecule has 2 aliphatic rings. The van der Waals surface area contributed by atoms with E-state index >= 15 is 0 Å². The van der Waals surface area contributed by atoms with E-state index in [9.17, 15) is 14.0 Å². The molecule has 0 radical (unpaired) electrons. The largest absolute Gasteiger partial charge is 0.332 e. The van der Waals surface area contributed by atoms with Crippen molar-refractivity contribution in [3.8, 4) is 0 Å². The lowest BCUT2D eigenvalue weighted by atomic mass is 9.86. The predicted octanol–water partition coefficient (Wildman–Crippen LogP) is 1.74. The van der Waals surface area contributed by atoms with Crippen LogP contribution < -0.4 is 11.1 Å². The lowest BCUT2D eigenvalue weighted by Gasteiger charge is -2.22. The molecule has 0 saturated carbocycles. The monoisotopic (exact) mass is 421 g/mol. The van der Waals surface area contributed by atoms with Gasteiger partial charge in [-0.15, -0.1) is 0 Å². The van der Waals surface area contributed by atoms with Crippen LogP contribution in [-0.4, -0.2) is 37.3 Å². The van der Waals surface area contributed by atoms with Crippen LogP contribution in [0.25, 0.3) is 0 Å². The molecule has 1 saturated heterocycles. The minimum Gasteiger partial charge on any atom is -0.297 e. The number of likely N-dealkylation sites (tertiary alicyclic amines) is 1. The standard InChI is InChI=1S/C23H24FN5O2/c1-16-3-2-4-19(25-16)13-27-10-9-23(14-27)11-20-26-29(22(31)21(30)28(20)15-23)12-17-5-7-18(24)8-6-17/h2-8H,9-15H2,1H3/t23-/m1/s1.